The number of halogens is 3. The summed E-state index contributed by atoms with van der Waals surface area (Å²) in [6.07, 6.45) is 2.69. The standard InChI is InChI=1S/C24H25Cl3N2O4S/c1-24(2,17-12-20(26)23(21(27)13-17)32-11-9-25)16-4-6-19(7-5-16)33-14-22-28-10-8-18(29-22)15-34(3,30)31/h4-8,10,12-13H,9,11,14-15H2,1-3H3. The number of hydrogen-bond donors (Lipinski definition) is 0. The van der Waals surface area contributed by atoms with E-state index in [1.54, 1.807) is 6.07 Å². The van der Waals surface area contributed by atoms with Crippen LogP contribution in [0.1, 0.15) is 36.5 Å². The van der Waals surface area contributed by atoms with Crippen LogP contribution < -0.4 is 9.47 Å². The number of ether oxygens (including phenoxy) is 2. The molecule has 3 rings (SSSR count). The minimum absolute atomic E-state index is 0.120. The molecule has 0 unspecified atom stereocenters. The molecule has 0 fully saturated rings. The first kappa shape index (κ1) is 26.5. The van der Waals surface area contributed by atoms with E-state index in [4.69, 9.17) is 44.3 Å². The van der Waals surface area contributed by atoms with Gasteiger partial charge in [-0.2, -0.15) is 0 Å². The van der Waals surface area contributed by atoms with Crippen molar-refractivity contribution in [1.29, 1.82) is 0 Å². The number of nitrogens with zero attached hydrogens (tertiary/aromatic N) is 2. The third-order valence-electron chi connectivity index (χ3n) is 5.16. The van der Waals surface area contributed by atoms with Crippen molar-refractivity contribution in [3.8, 4) is 11.5 Å². The molecule has 34 heavy (non-hydrogen) atoms. The van der Waals surface area contributed by atoms with E-state index in [9.17, 15) is 8.42 Å². The van der Waals surface area contributed by atoms with Crippen LogP contribution in [0.4, 0.5) is 0 Å². The first-order valence-electron chi connectivity index (χ1n) is 10.4. The maximum absolute atomic E-state index is 11.5. The average molecular weight is 544 g/mol. The Hall–Kier alpha value is -2.06. The highest BCUT2D eigenvalue weighted by atomic mass is 35.5. The first-order chi connectivity index (χ1) is 16.0. The van der Waals surface area contributed by atoms with Crippen LogP contribution in [0, 0.1) is 0 Å². The lowest BCUT2D eigenvalue weighted by molar-refractivity contribution is 0.295. The van der Waals surface area contributed by atoms with Gasteiger partial charge in [0.1, 0.15) is 19.0 Å². The van der Waals surface area contributed by atoms with Gasteiger partial charge in [0, 0.05) is 17.9 Å². The minimum Gasteiger partial charge on any atom is -0.489 e. The maximum Gasteiger partial charge on any atom is 0.166 e. The smallest absolute Gasteiger partial charge is 0.166 e. The van der Waals surface area contributed by atoms with Crippen LogP contribution in [-0.2, 0) is 27.6 Å². The topological polar surface area (TPSA) is 78.4 Å². The molecule has 1 heterocycles. The zero-order valence-corrected chi connectivity index (χ0v) is 22.1. The second-order valence-electron chi connectivity index (χ2n) is 8.28. The van der Waals surface area contributed by atoms with Gasteiger partial charge in [-0.1, -0.05) is 49.2 Å². The fourth-order valence-corrected chi connectivity index (χ4v) is 4.71. The Labute approximate surface area is 215 Å². The summed E-state index contributed by atoms with van der Waals surface area (Å²) < 4.78 is 34.3. The summed E-state index contributed by atoms with van der Waals surface area (Å²) in [5.41, 5.74) is 2.02. The van der Waals surface area contributed by atoms with E-state index in [1.807, 2.05) is 36.4 Å². The molecule has 6 nitrogen and oxygen atoms in total. The quantitative estimate of drug-likeness (QED) is 0.299. The first-order valence-corrected chi connectivity index (χ1v) is 13.7. The Morgan fingerprint density at radius 3 is 2.21 bits per heavy atom. The average Bonchev–Trinajstić information content (AvgIpc) is 2.76. The zero-order chi connectivity index (χ0) is 24.9. The van der Waals surface area contributed by atoms with Crippen molar-refractivity contribution in [2.24, 2.45) is 0 Å². The molecule has 3 aromatic rings. The SMILES string of the molecule is CC(C)(c1ccc(OCc2nccc(CS(C)(=O)=O)n2)cc1)c1cc(Cl)c(OCCCl)c(Cl)c1. The Bertz CT molecular complexity index is 1230. The van der Waals surface area contributed by atoms with Gasteiger partial charge in [-0.25, -0.2) is 18.4 Å². The lowest BCUT2D eigenvalue weighted by atomic mass is 9.78. The lowest BCUT2D eigenvalue weighted by Crippen LogP contribution is -2.19. The van der Waals surface area contributed by atoms with E-state index in [-0.39, 0.29) is 17.8 Å². The number of benzene rings is 2. The number of aromatic nitrogens is 2. The van der Waals surface area contributed by atoms with E-state index < -0.39 is 9.84 Å². The van der Waals surface area contributed by atoms with Gasteiger partial charge in [0.15, 0.2) is 21.4 Å². The molecule has 0 atom stereocenters. The highest BCUT2D eigenvalue weighted by Crippen LogP contribution is 2.40. The van der Waals surface area contributed by atoms with E-state index in [2.05, 4.69) is 23.8 Å². The molecule has 0 amide bonds. The zero-order valence-electron chi connectivity index (χ0n) is 19.0. The van der Waals surface area contributed by atoms with Gasteiger partial charge in [-0.05, 0) is 41.5 Å². The molecule has 2 aromatic carbocycles. The third-order valence-corrected chi connectivity index (χ3v) is 6.70. The van der Waals surface area contributed by atoms with E-state index in [0.29, 0.717) is 45.5 Å². The predicted molar refractivity (Wildman–Crippen MR) is 136 cm³/mol. The third kappa shape index (κ3) is 6.98. The molecule has 0 aliphatic heterocycles. The summed E-state index contributed by atoms with van der Waals surface area (Å²) in [6, 6.07) is 12.9. The van der Waals surface area contributed by atoms with Crippen LogP contribution in [0.15, 0.2) is 48.7 Å². The fraction of sp³-hybridized carbons (Fsp3) is 0.333. The normalized spacial score (nSPS) is 11.9. The van der Waals surface area contributed by atoms with Crippen molar-refractivity contribution in [3.05, 3.63) is 81.4 Å². The number of hydrogen-bond acceptors (Lipinski definition) is 6. The van der Waals surface area contributed by atoms with Gasteiger partial charge in [-0.3, -0.25) is 0 Å². The summed E-state index contributed by atoms with van der Waals surface area (Å²) in [5, 5.41) is 0.859. The second-order valence-corrected chi connectivity index (χ2v) is 11.6. The minimum atomic E-state index is -3.17. The van der Waals surface area contributed by atoms with Crippen LogP contribution in [0.25, 0.3) is 0 Å². The molecular weight excluding hydrogens is 519 g/mol. The number of rotatable bonds is 10. The van der Waals surface area contributed by atoms with Crippen LogP contribution in [0.2, 0.25) is 10.0 Å². The van der Waals surface area contributed by atoms with Crippen LogP contribution >= 0.6 is 34.8 Å². The number of alkyl halides is 1. The molecule has 1 aromatic heterocycles. The molecule has 10 heteroatoms. The van der Waals surface area contributed by atoms with Gasteiger partial charge in [0.2, 0.25) is 0 Å². The lowest BCUT2D eigenvalue weighted by Gasteiger charge is -2.27. The van der Waals surface area contributed by atoms with Crippen LogP contribution in [0.3, 0.4) is 0 Å². The van der Waals surface area contributed by atoms with Crippen LogP contribution in [0.5, 0.6) is 11.5 Å². The largest absolute Gasteiger partial charge is 0.489 e. The molecule has 0 saturated heterocycles. The fourth-order valence-electron chi connectivity index (χ4n) is 3.34. The van der Waals surface area contributed by atoms with Crippen molar-refractivity contribution < 1.29 is 17.9 Å². The van der Waals surface area contributed by atoms with Crippen molar-refractivity contribution in [2.75, 3.05) is 18.7 Å². The molecule has 0 saturated carbocycles. The van der Waals surface area contributed by atoms with Gasteiger partial charge in [0.25, 0.3) is 0 Å². The highest BCUT2D eigenvalue weighted by Gasteiger charge is 2.25. The van der Waals surface area contributed by atoms with Gasteiger partial charge < -0.3 is 9.47 Å². The second kappa shape index (κ2) is 11.1. The van der Waals surface area contributed by atoms with E-state index in [0.717, 1.165) is 11.1 Å². The molecule has 0 aliphatic rings. The van der Waals surface area contributed by atoms with E-state index >= 15 is 0 Å². The maximum atomic E-state index is 11.5. The molecule has 0 spiro atoms. The summed E-state index contributed by atoms with van der Waals surface area (Å²) in [7, 11) is -3.17. The molecule has 0 radical (unpaired) electrons. The summed E-state index contributed by atoms with van der Waals surface area (Å²) in [4.78, 5) is 8.40. The molecule has 0 aliphatic carbocycles. The monoisotopic (exact) mass is 542 g/mol. The van der Waals surface area contributed by atoms with Gasteiger partial charge in [0.05, 0.1) is 27.4 Å². The predicted octanol–water partition coefficient (Wildman–Crippen LogP) is 5.85. The summed E-state index contributed by atoms with van der Waals surface area (Å²) >= 11 is 18.5. The Kier molecular flexibility index (Phi) is 8.68. The Balaban J connectivity index is 1.72. The summed E-state index contributed by atoms with van der Waals surface area (Å²) in [5.74, 6) is 1.67. The van der Waals surface area contributed by atoms with Crippen molar-refractivity contribution >= 4 is 44.6 Å². The Morgan fingerprint density at radius 1 is 0.971 bits per heavy atom. The van der Waals surface area contributed by atoms with Crippen molar-refractivity contribution in [1.82, 2.24) is 9.97 Å². The van der Waals surface area contributed by atoms with Crippen molar-refractivity contribution in [2.45, 2.75) is 31.6 Å². The number of sulfone groups is 1. The molecule has 0 bridgehead atoms. The Morgan fingerprint density at radius 2 is 1.62 bits per heavy atom. The van der Waals surface area contributed by atoms with Gasteiger partial charge >= 0.3 is 0 Å². The van der Waals surface area contributed by atoms with E-state index in [1.165, 1.54) is 12.5 Å². The van der Waals surface area contributed by atoms with Crippen LogP contribution in [-0.4, -0.2) is 37.1 Å². The van der Waals surface area contributed by atoms with Gasteiger partial charge in [-0.15, -0.1) is 11.6 Å². The highest BCUT2D eigenvalue weighted by molar-refractivity contribution is 7.89. The summed E-state index contributed by atoms with van der Waals surface area (Å²) in [6.45, 7) is 4.59. The van der Waals surface area contributed by atoms with Crippen molar-refractivity contribution in [3.63, 3.8) is 0 Å². The molecule has 182 valence electrons. The molecular formula is C24H25Cl3N2O4S. The molecule has 0 N–H and O–H groups in total.